The molecule has 1 aliphatic heterocycles. The number of aryl methyl sites for hydroxylation is 1. The Balaban J connectivity index is 1.70. The second-order valence-electron chi connectivity index (χ2n) is 7.10. The van der Waals surface area contributed by atoms with Gasteiger partial charge in [-0.3, -0.25) is 0 Å². The molecule has 2 aromatic carbocycles. The first kappa shape index (κ1) is 17.2. The van der Waals surface area contributed by atoms with Crippen molar-refractivity contribution in [1.82, 2.24) is 4.98 Å². The van der Waals surface area contributed by atoms with E-state index >= 15 is 0 Å². The van der Waals surface area contributed by atoms with Crippen LogP contribution in [0, 0.1) is 6.92 Å². The molecule has 0 unspecified atom stereocenters. The second-order valence-corrected chi connectivity index (χ2v) is 8.09. The van der Waals surface area contributed by atoms with Crippen molar-refractivity contribution in [2.45, 2.75) is 39.2 Å². The number of anilines is 1. The minimum atomic E-state index is 0.871. The first-order valence-electron chi connectivity index (χ1n) is 9.57. The highest BCUT2D eigenvalue weighted by Crippen LogP contribution is 2.25. The van der Waals surface area contributed by atoms with Gasteiger partial charge in [-0.15, -0.1) is 0 Å². The van der Waals surface area contributed by atoms with Gasteiger partial charge in [-0.1, -0.05) is 60.9 Å². The second kappa shape index (κ2) is 8.00. The maximum absolute atomic E-state index is 5.08. The van der Waals surface area contributed by atoms with E-state index in [-0.39, 0.29) is 0 Å². The molecule has 4 heteroatoms. The van der Waals surface area contributed by atoms with Gasteiger partial charge in [-0.05, 0) is 42.4 Å². The molecule has 2 heterocycles. The van der Waals surface area contributed by atoms with Crippen molar-refractivity contribution < 1.29 is 3.96 Å². The van der Waals surface area contributed by atoms with E-state index in [1.54, 1.807) is 11.5 Å². The Labute approximate surface area is 160 Å². The lowest BCUT2D eigenvalue weighted by molar-refractivity contribution is -0.610. The molecule has 0 aliphatic carbocycles. The lowest BCUT2D eigenvalue weighted by Gasteiger charge is -2.14. The van der Waals surface area contributed by atoms with E-state index in [9.17, 15) is 0 Å². The van der Waals surface area contributed by atoms with E-state index < -0.39 is 0 Å². The predicted octanol–water partition coefficient (Wildman–Crippen LogP) is 4.83. The molecular weight excluding hydrogens is 338 g/mol. The quantitative estimate of drug-likeness (QED) is 0.618. The largest absolute Gasteiger partial charge is 0.345 e. The highest BCUT2D eigenvalue weighted by Gasteiger charge is 2.27. The first-order chi connectivity index (χ1) is 12.8. The van der Waals surface area contributed by atoms with Crippen LogP contribution < -0.4 is 8.86 Å². The van der Waals surface area contributed by atoms with Gasteiger partial charge in [0.2, 0.25) is 0 Å². The molecular formula is C22H26N3S+. The summed E-state index contributed by atoms with van der Waals surface area (Å²) in [5, 5.41) is 1.17. The number of nitrogens with zero attached hydrogens (tertiary/aromatic N) is 3. The van der Waals surface area contributed by atoms with Gasteiger partial charge in [-0.2, -0.15) is 3.96 Å². The van der Waals surface area contributed by atoms with E-state index in [1.165, 1.54) is 47.5 Å². The highest BCUT2D eigenvalue weighted by molar-refractivity contribution is 7.06. The Hall–Kier alpha value is -2.20. The lowest BCUT2D eigenvalue weighted by Crippen LogP contribution is -2.32. The van der Waals surface area contributed by atoms with Crippen LogP contribution in [0.1, 0.15) is 36.8 Å². The summed E-state index contributed by atoms with van der Waals surface area (Å²) in [6.45, 7) is 5.26. The Morgan fingerprint density at radius 1 is 0.923 bits per heavy atom. The van der Waals surface area contributed by atoms with Crippen molar-refractivity contribution in [3.63, 3.8) is 0 Å². The molecule has 0 spiro atoms. The fourth-order valence-corrected chi connectivity index (χ4v) is 4.54. The van der Waals surface area contributed by atoms with Crippen LogP contribution >= 0.6 is 11.5 Å². The molecule has 0 saturated carbocycles. The smallest absolute Gasteiger partial charge is 0.324 e. The summed E-state index contributed by atoms with van der Waals surface area (Å²) in [6.07, 6.45) is 5.24. The fourth-order valence-electron chi connectivity index (χ4n) is 3.47. The van der Waals surface area contributed by atoms with E-state index in [1.807, 2.05) is 0 Å². The summed E-state index contributed by atoms with van der Waals surface area (Å²) in [5.41, 5.74) is 3.80. The van der Waals surface area contributed by atoms with Gasteiger partial charge in [0.05, 0.1) is 5.56 Å². The van der Waals surface area contributed by atoms with Gasteiger partial charge in [0.1, 0.15) is 18.1 Å². The Morgan fingerprint density at radius 2 is 1.62 bits per heavy atom. The molecule has 3 nitrogen and oxygen atoms in total. The zero-order valence-electron chi connectivity index (χ0n) is 15.4. The zero-order chi connectivity index (χ0) is 17.8. The number of hydrogen-bond acceptors (Lipinski definition) is 3. The predicted molar refractivity (Wildman–Crippen MR) is 109 cm³/mol. The lowest BCUT2D eigenvalue weighted by atomic mass is 10.1. The van der Waals surface area contributed by atoms with Gasteiger partial charge < -0.3 is 4.90 Å². The van der Waals surface area contributed by atoms with Crippen LogP contribution in [0.25, 0.3) is 11.4 Å². The van der Waals surface area contributed by atoms with Crippen molar-refractivity contribution in [3.05, 3.63) is 65.7 Å². The van der Waals surface area contributed by atoms with Crippen molar-refractivity contribution in [3.8, 4) is 11.4 Å². The maximum Gasteiger partial charge on any atom is 0.345 e. The molecule has 0 bridgehead atoms. The van der Waals surface area contributed by atoms with Crippen LogP contribution in [0.2, 0.25) is 0 Å². The average Bonchev–Trinajstić information content (AvgIpc) is 2.90. The van der Waals surface area contributed by atoms with Crippen molar-refractivity contribution in [2.75, 3.05) is 18.0 Å². The van der Waals surface area contributed by atoms with E-state index in [4.69, 9.17) is 4.98 Å². The third kappa shape index (κ3) is 3.96. The molecule has 3 aromatic rings. The Kier molecular flexibility index (Phi) is 5.30. The van der Waals surface area contributed by atoms with Crippen molar-refractivity contribution in [1.29, 1.82) is 0 Å². The summed E-state index contributed by atoms with van der Waals surface area (Å²) in [5.74, 6) is 1.08. The summed E-state index contributed by atoms with van der Waals surface area (Å²) in [4.78, 5) is 7.56. The van der Waals surface area contributed by atoms with Crippen LogP contribution in [-0.4, -0.2) is 18.1 Å². The van der Waals surface area contributed by atoms with Gasteiger partial charge in [0.25, 0.3) is 0 Å². The van der Waals surface area contributed by atoms with Crippen LogP contribution in [0.4, 0.5) is 5.13 Å². The third-order valence-corrected chi connectivity index (χ3v) is 6.02. The number of hydrogen-bond donors (Lipinski definition) is 0. The van der Waals surface area contributed by atoms with Crippen LogP contribution in [0.15, 0.2) is 54.6 Å². The minimum absolute atomic E-state index is 0.871. The zero-order valence-corrected chi connectivity index (χ0v) is 16.2. The van der Waals surface area contributed by atoms with E-state index in [0.29, 0.717) is 0 Å². The number of benzene rings is 2. The normalized spacial score (nSPS) is 15.0. The van der Waals surface area contributed by atoms with Crippen molar-refractivity contribution in [2.24, 2.45) is 0 Å². The molecule has 0 radical (unpaired) electrons. The van der Waals surface area contributed by atoms with Gasteiger partial charge in [0, 0.05) is 13.1 Å². The van der Waals surface area contributed by atoms with Crippen LogP contribution in [0.3, 0.4) is 0 Å². The summed E-state index contributed by atoms with van der Waals surface area (Å²) in [6, 6.07) is 19.4. The molecule has 26 heavy (non-hydrogen) atoms. The molecule has 0 amide bonds. The van der Waals surface area contributed by atoms with Gasteiger partial charge in [0.15, 0.2) is 0 Å². The first-order valence-corrected chi connectivity index (χ1v) is 10.3. The minimum Gasteiger partial charge on any atom is -0.324 e. The Morgan fingerprint density at radius 3 is 2.31 bits per heavy atom. The maximum atomic E-state index is 5.08. The molecule has 1 aliphatic rings. The molecule has 0 N–H and O–H groups in total. The molecule has 4 rings (SSSR count). The third-order valence-electron chi connectivity index (χ3n) is 4.98. The SMILES string of the molecule is Cc1ccc(-c2nc(N3CCCCCC3)s[n+]2Cc2ccccc2)cc1. The van der Waals surface area contributed by atoms with Crippen molar-refractivity contribution >= 4 is 16.7 Å². The topological polar surface area (TPSA) is 20.0 Å². The van der Waals surface area contributed by atoms with E-state index in [2.05, 4.69) is 70.4 Å². The van der Waals surface area contributed by atoms with E-state index in [0.717, 1.165) is 25.5 Å². The molecule has 1 aromatic heterocycles. The monoisotopic (exact) mass is 364 g/mol. The van der Waals surface area contributed by atoms with Crippen LogP contribution in [-0.2, 0) is 6.54 Å². The summed E-state index contributed by atoms with van der Waals surface area (Å²) in [7, 11) is 0. The standard InChI is InChI=1S/C22H26N3S/c1-18-11-13-20(14-12-18)21-23-22(24-15-7-2-3-8-16-24)26-25(21)17-19-9-5-4-6-10-19/h4-6,9-14H,2-3,7-8,15-17H2,1H3/q+1. The molecule has 0 atom stereocenters. The fraction of sp³-hybridized carbons (Fsp3) is 0.364. The molecule has 134 valence electrons. The van der Waals surface area contributed by atoms with Gasteiger partial charge >= 0.3 is 11.0 Å². The Bertz CT molecular complexity index is 832. The summed E-state index contributed by atoms with van der Waals surface area (Å²) < 4.78 is 2.35. The molecule has 1 fully saturated rings. The van der Waals surface area contributed by atoms with Gasteiger partial charge in [-0.25, -0.2) is 0 Å². The summed E-state index contributed by atoms with van der Waals surface area (Å²) >= 11 is 1.80. The molecule has 1 saturated heterocycles. The number of rotatable bonds is 4. The number of aromatic nitrogens is 2. The van der Waals surface area contributed by atoms with Crippen LogP contribution in [0.5, 0.6) is 0 Å². The highest BCUT2D eigenvalue weighted by atomic mass is 32.1. The average molecular weight is 365 g/mol.